The molecule has 92 valence electrons. The summed E-state index contributed by atoms with van der Waals surface area (Å²) in [5, 5.41) is 11.0. The number of anilines is 1. The fourth-order valence-corrected chi connectivity index (χ4v) is 1.00. The number of carboxylic acid groups (broad SMARTS) is 1. The predicted molar refractivity (Wildman–Crippen MR) is 58.1 cm³/mol. The normalized spacial score (nSPS) is 11.9. The van der Waals surface area contributed by atoms with Crippen LogP contribution in [-0.2, 0) is 14.3 Å². The van der Waals surface area contributed by atoms with Crippen molar-refractivity contribution in [2.45, 2.75) is 13.0 Å². The zero-order chi connectivity index (χ0) is 12.8. The van der Waals surface area contributed by atoms with E-state index in [1.807, 2.05) is 0 Å². The van der Waals surface area contributed by atoms with Crippen LogP contribution in [0, 0.1) is 5.82 Å². The Balaban J connectivity index is 2.39. The third-order valence-electron chi connectivity index (χ3n) is 1.94. The summed E-state index contributed by atoms with van der Waals surface area (Å²) in [5.41, 5.74) is 0.419. The molecule has 0 aromatic heterocycles. The molecule has 0 heterocycles. The largest absolute Gasteiger partial charge is 0.479 e. The van der Waals surface area contributed by atoms with Crippen LogP contribution in [0.3, 0.4) is 0 Å². The Morgan fingerprint density at radius 1 is 1.41 bits per heavy atom. The third kappa shape index (κ3) is 4.60. The van der Waals surface area contributed by atoms with Gasteiger partial charge in [-0.3, -0.25) is 4.79 Å². The maximum absolute atomic E-state index is 12.6. The minimum absolute atomic E-state index is 0.370. The molecule has 5 nitrogen and oxygen atoms in total. The lowest BCUT2D eigenvalue weighted by Gasteiger charge is -2.08. The van der Waals surface area contributed by atoms with E-state index in [1.165, 1.54) is 31.2 Å². The van der Waals surface area contributed by atoms with E-state index >= 15 is 0 Å². The van der Waals surface area contributed by atoms with E-state index in [9.17, 15) is 14.0 Å². The van der Waals surface area contributed by atoms with E-state index in [1.54, 1.807) is 0 Å². The Morgan fingerprint density at radius 2 is 2.00 bits per heavy atom. The molecule has 1 aromatic carbocycles. The van der Waals surface area contributed by atoms with Gasteiger partial charge in [0.05, 0.1) is 0 Å². The monoisotopic (exact) mass is 241 g/mol. The van der Waals surface area contributed by atoms with Crippen molar-refractivity contribution in [2.75, 3.05) is 11.9 Å². The molecule has 0 aliphatic carbocycles. The van der Waals surface area contributed by atoms with Crippen LogP contribution in [0.5, 0.6) is 0 Å². The Bertz CT molecular complexity index is 404. The second-order valence-corrected chi connectivity index (χ2v) is 3.35. The van der Waals surface area contributed by atoms with Crippen LogP contribution in [0.15, 0.2) is 24.3 Å². The summed E-state index contributed by atoms with van der Waals surface area (Å²) in [4.78, 5) is 21.7. The van der Waals surface area contributed by atoms with Crippen molar-refractivity contribution in [2.24, 2.45) is 0 Å². The number of hydrogen-bond acceptors (Lipinski definition) is 3. The molecule has 1 amide bonds. The van der Waals surface area contributed by atoms with Gasteiger partial charge in [-0.25, -0.2) is 9.18 Å². The van der Waals surface area contributed by atoms with Gasteiger partial charge in [0.1, 0.15) is 12.4 Å². The first-order valence-electron chi connectivity index (χ1n) is 4.89. The Kier molecular flexibility index (Phi) is 4.59. The van der Waals surface area contributed by atoms with Crippen molar-refractivity contribution < 1.29 is 23.8 Å². The van der Waals surface area contributed by atoms with Gasteiger partial charge in [0.2, 0.25) is 5.91 Å². The second-order valence-electron chi connectivity index (χ2n) is 3.35. The highest BCUT2D eigenvalue weighted by molar-refractivity contribution is 5.91. The molecule has 0 radical (unpaired) electrons. The van der Waals surface area contributed by atoms with Gasteiger partial charge in [0, 0.05) is 5.69 Å². The zero-order valence-corrected chi connectivity index (χ0v) is 9.14. The van der Waals surface area contributed by atoms with Crippen LogP contribution in [0.1, 0.15) is 6.92 Å². The van der Waals surface area contributed by atoms with Crippen molar-refractivity contribution in [1.29, 1.82) is 0 Å². The highest BCUT2D eigenvalue weighted by Gasteiger charge is 2.13. The number of amides is 1. The van der Waals surface area contributed by atoms with Gasteiger partial charge in [-0.1, -0.05) is 0 Å². The summed E-state index contributed by atoms with van der Waals surface area (Å²) in [7, 11) is 0. The molecular formula is C11H12FNO4. The number of carboxylic acids is 1. The van der Waals surface area contributed by atoms with Gasteiger partial charge >= 0.3 is 5.97 Å². The SMILES string of the molecule is CC(OCC(=O)Nc1ccc(F)cc1)C(=O)O. The molecule has 0 bridgehead atoms. The van der Waals surface area contributed by atoms with Crippen molar-refractivity contribution in [3.05, 3.63) is 30.1 Å². The van der Waals surface area contributed by atoms with Crippen LogP contribution in [0.4, 0.5) is 10.1 Å². The molecule has 0 saturated carbocycles. The fraction of sp³-hybridized carbons (Fsp3) is 0.273. The lowest BCUT2D eigenvalue weighted by Crippen LogP contribution is -2.26. The standard InChI is InChI=1S/C11H12FNO4/c1-7(11(15)16)17-6-10(14)13-9-4-2-8(12)3-5-9/h2-5,7H,6H2,1H3,(H,13,14)(H,15,16). The number of hydrogen-bond donors (Lipinski definition) is 2. The van der Waals surface area contributed by atoms with Crippen LogP contribution >= 0.6 is 0 Å². The lowest BCUT2D eigenvalue weighted by molar-refractivity contribution is -0.150. The minimum Gasteiger partial charge on any atom is -0.479 e. The molecule has 1 unspecified atom stereocenters. The van der Waals surface area contributed by atoms with E-state index in [-0.39, 0.29) is 6.61 Å². The first-order valence-corrected chi connectivity index (χ1v) is 4.89. The van der Waals surface area contributed by atoms with Crippen molar-refractivity contribution in [3.8, 4) is 0 Å². The Morgan fingerprint density at radius 3 is 2.53 bits per heavy atom. The number of rotatable bonds is 5. The number of nitrogens with one attached hydrogen (secondary N) is 1. The van der Waals surface area contributed by atoms with Crippen LogP contribution in [0.25, 0.3) is 0 Å². The molecule has 1 aromatic rings. The summed E-state index contributed by atoms with van der Waals surface area (Å²) in [5.74, 6) is -2.04. The average Bonchev–Trinajstić information content (AvgIpc) is 2.29. The first kappa shape index (κ1) is 13.1. The molecule has 0 spiro atoms. The van der Waals surface area contributed by atoms with E-state index in [4.69, 9.17) is 9.84 Å². The van der Waals surface area contributed by atoms with Crippen molar-refractivity contribution in [1.82, 2.24) is 0 Å². The summed E-state index contributed by atoms with van der Waals surface area (Å²) < 4.78 is 17.3. The summed E-state index contributed by atoms with van der Waals surface area (Å²) >= 11 is 0. The first-order chi connectivity index (χ1) is 7.99. The van der Waals surface area contributed by atoms with Crippen molar-refractivity contribution >= 4 is 17.6 Å². The number of halogens is 1. The predicted octanol–water partition coefficient (Wildman–Crippen LogP) is 1.25. The van der Waals surface area contributed by atoms with Crippen molar-refractivity contribution in [3.63, 3.8) is 0 Å². The number of benzene rings is 1. The maximum Gasteiger partial charge on any atom is 0.332 e. The van der Waals surface area contributed by atoms with Gasteiger partial charge in [-0.2, -0.15) is 0 Å². The molecule has 0 aliphatic heterocycles. The summed E-state index contributed by atoms with van der Waals surface area (Å²) in [6.07, 6.45) is -1.05. The topological polar surface area (TPSA) is 75.6 Å². The molecule has 6 heteroatoms. The fourth-order valence-electron chi connectivity index (χ4n) is 1.00. The number of carbonyl (C=O) groups is 2. The highest BCUT2D eigenvalue weighted by atomic mass is 19.1. The Hall–Kier alpha value is -1.95. The van der Waals surface area contributed by atoms with Gasteiger partial charge in [0.15, 0.2) is 6.10 Å². The van der Waals surface area contributed by atoms with E-state index in [0.29, 0.717) is 5.69 Å². The van der Waals surface area contributed by atoms with Crippen LogP contribution in [0.2, 0.25) is 0 Å². The Labute approximate surface area is 97.2 Å². The van der Waals surface area contributed by atoms with Gasteiger partial charge in [0.25, 0.3) is 0 Å². The molecule has 17 heavy (non-hydrogen) atoms. The molecule has 0 fully saturated rings. The van der Waals surface area contributed by atoms with E-state index in [0.717, 1.165) is 0 Å². The lowest BCUT2D eigenvalue weighted by atomic mass is 10.3. The van der Waals surface area contributed by atoms with Crippen LogP contribution in [-0.4, -0.2) is 29.7 Å². The van der Waals surface area contributed by atoms with E-state index < -0.39 is 23.8 Å². The summed E-state index contributed by atoms with van der Waals surface area (Å²) in [6, 6.07) is 5.20. The maximum atomic E-state index is 12.6. The zero-order valence-electron chi connectivity index (χ0n) is 9.14. The smallest absolute Gasteiger partial charge is 0.332 e. The minimum atomic E-state index is -1.14. The van der Waals surface area contributed by atoms with Crippen LogP contribution < -0.4 is 5.32 Å². The van der Waals surface area contributed by atoms with Gasteiger partial charge in [-0.05, 0) is 31.2 Å². The summed E-state index contributed by atoms with van der Waals surface area (Å²) in [6.45, 7) is 0.957. The second kappa shape index (κ2) is 5.95. The van der Waals surface area contributed by atoms with Gasteiger partial charge < -0.3 is 15.2 Å². The number of ether oxygens (including phenoxy) is 1. The molecule has 2 N–H and O–H groups in total. The number of carbonyl (C=O) groups excluding carboxylic acids is 1. The molecule has 1 atom stereocenters. The number of aliphatic carboxylic acids is 1. The average molecular weight is 241 g/mol. The highest BCUT2D eigenvalue weighted by Crippen LogP contribution is 2.07. The molecular weight excluding hydrogens is 229 g/mol. The third-order valence-corrected chi connectivity index (χ3v) is 1.94. The van der Waals surface area contributed by atoms with E-state index in [2.05, 4.69) is 5.32 Å². The molecule has 1 rings (SSSR count). The quantitative estimate of drug-likeness (QED) is 0.813. The molecule has 0 saturated heterocycles. The van der Waals surface area contributed by atoms with Gasteiger partial charge in [-0.15, -0.1) is 0 Å². The molecule has 0 aliphatic rings.